The predicted octanol–water partition coefficient (Wildman–Crippen LogP) is 1.78. The standard InChI is InChI=1S/C43H47N7O10/c1-47-21-33(30-9-10-44-20-32(30)41(47)55)25-17-36(58-3)34(37(18-25)59-4)22-49-11-13-50(14-12-49)43(57)31-16-26(31)19-45-39(53)24-60-28-5-6-29(27(15-28)23-51)42(56)48(2)35-7-8-38(52)46-40(35)54/h5-6,9-10,15,17-18,20-21,23,26,31,35H,7-8,11-14,16,19,22,24H2,1-4H3,(H,45,53)(H,46,52,54). The van der Waals surface area contributed by atoms with Crippen molar-refractivity contribution < 1.29 is 43.0 Å². The minimum absolute atomic E-state index is 0.0141. The maximum absolute atomic E-state index is 13.4. The zero-order valence-corrected chi connectivity index (χ0v) is 33.9. The van der Waals surface area contributed by atoms with Crippen molar-refractivity contribution in [3.05, 3.63) is 82.0 Å². The highest BCUT2D eigenvalue weighted by molar-refractivity contribution is 6.06. The molecule has 1 aliphatic carbocycles. The number of imide groups is 1. The topological polar surface area (TPSA) is 199 Å². The van der Waals surface area contributed by atoms with Gasteiger partial charge in [0.25, 0.3) is 17.4 Å². The van der Waals surface area contributed by atoms with E-state index in [-0.39, 0.29) is 59.6 Å². The fourth-order valence-electron chi connectivity index (χ4n) is 7.95. The van der Waals surface area contributed by atoms with E-state index < -0.39 is 29.7 Å². The van der Waals surface area contributed by atoms with Crippen molar-refractivity contribution in [2.45, 2.75) is 31.8 Å². The average Bonchev–Trinajstić information content (AvgIpc) is 4.05. The number of aldehydes is 1. The molecule has 0 spiro atoms. The van der Waals surface area contributed by atoms with Crippen molar-refractivity contribution in [3.8, 4) is 28.4 Å². The Bertz CT molecular complexity index is 2400. The summed E-state index contributed by atoms with van der Waals surface area (Å²) in [6.07, 6.45) is 6.49. The Balaban J connectivity index is 0.874. The van der Waals surface area contributed by atoms with Crippen LogP contribution in [0.15, 0.2) is 59.8 Å². The third-order valence-electron chi connectivity index (χ3n) is 11.5. The monoisotopic (exact) mass is 821 g/mol. The van der Waals surface area contributed by atoms with E-state index in [4.69, 9.17) is 14.2 Å². The number of rotatable bonds is 14. The first-order valence-electron chi connectivity index (χ1n) is 19.7. The molecule has 2 N–H and O–H groups in total. The molecule has 4 heterocycles. The van der Waals surface area contributed by atoms with E-state index in [9.17, 15) is 33.6 Å². The molecule has 3 unspecified atom stereocenters. The highest BCUT2D eigenvalue weighted by Crippen LogP contribution is 2.40. The second kappa shape index (κ2) is 17.7. The number of nitrogens with zero attached hydrogens (tertiary/aromatic N) is 5. The summed E-state index contributed by atoms with van der Waals surface area (Å²) < 4.78 is 18.9. The third-order valence-corrected chi connectivity index (χ3v) is 11.5. The van der Waals surface area contributed by atoms with Crippen LogP contribution in [-0.2, 0) is 32.8 Å². The Labute approximate surface area is 345 Å². The summed E-state index contributed by atoms with van der Waals surface area (Å²) in [6, 6.07) is 9.09. The van der Waals surface area contributed by atoms with E-state index in [0.717, 1.165) is 22.1 Å². The summed E-state index contributed by atoms with van der Waals surface area (Å²) in [5, 5.41) is 6.35. The molecule has 2 aromatic heterocycles. The lowest BCUT2D eigenvalue weighted by molar-refractivity contribution is -0.137. The Morgan fingerprint density at radius 1 is 1.00 bits per heavy atom. The van der Waals surface area contributed by atoms with Crippen LogP contribution in [0.1, 0.15) is 45.5 Å². The Hall–Kier alpha value is -6.62. The molecule has 3 fully saturated rings. The zero-order valence-electron chi connectivity index (χ0n) is 33.9. The second-order valence-corrected chi connectivity index (χ2v) is 15.3. The Kier molecular flexibility index (Phi) is 12.3. The minimum Gasteiger partial charge on any atom is -0.496 e. The van der Waals surface area contributed by atoms with Gasteiger partial charge in [0.1, 0.15) is 23.3 Å². The van der Waals surface area contributed by atoms with Crippen LogP contribution in [0.25, 0.3) is 21.9 Å². The molecule has 314 valence electrons. The first-order valence-corrected chi connectivity index (χ1v) is 19.7. The van der Waals surface area contributed by atoms with Gasteiger partial charge >= 0.3 is 0 Å². The number of aryl methyl sites for hydroxylation is 1. The molecular formula is C43H47N7O10. The molecule has 5 amide bonds. The summed E-state index contributed by atoms with van der Waals surface area (Å²) >= 11 is 0. The normalized spacial score (nSPS) is 19.0. The highest BCUT2D eigenvalue weighted by atomic mass is 16.5. The van der Waals surface area contributed by atoms with Crippen LogP contribution in [0.3, 0.4) is 0 Å². The van der Waals surface area contributed by atoms with Crippen molar-refractivity contribution in [2.24, 2.45) is 18.9 Å². The first-order chi connectivity index (χ1) is 28.9. The Morgan fingerprint density at radius 2 is 1.73 bits per heavy atom. The number of piperazine rings is 1. The molecule has 0 radical (unpaired) electrons. The lowest BCUT2D eigenvalue weighted by Gasteiger charge is -2.35. The van der Waals surface area contributed by atoms with Gasteiger partial charge in [-0.05, 0) is 66.1 Å². The predicted molar refractivity (Wildman–Crippen MR) is 218 cm³/mol. The van der Waals surface area contributed by atoms with Gasteiger partial charge in [0.2, 0.25) is 17.7 Å². The fourth-order valence-corrected chi connectivity index (χ4v) is 7.95. The molecule has 3 aliphatic rings. The number of hydrogen-bond acceptors (Lipinski definition) is 12. The largest absolute Gasteiger partial charge is 0.496 e. The molecule has 17 heteroatoms. The van der Waals surface area contributed by atoms with Crippen LogP contribution in [0, 0.1) is 11.8 Å². The van der Waals surface area contributed by atoms with E-state index in [1.54, 1.807) is 44.4 Å². The van der Waals surface area contributed by atoms with E-state index in [0.29, 0.717) is 68.9 Å². The molecule has 2 aliphatic heterocycles. The van der Waals surface area contributed by atoms with Gasteiger partial charge in [-0.3, -0.25) is 48.8 Å². The molecule has 4 aromatic rings. The number of aromatic nitrogens is 2. The molecule has 2 saturated heterocycles. The van der Waals surface area contributed by atoms with Crippen molar-refractivity contribution in [3.63, 3.8) is 0 Å². The highest BCUT2D eigenvalue weighted by Gasteiger charge is 2.45. The van der Waals surface area contributed by atoms with Gasteiger partial charge in [0, 0.05) is 95.4 Å². The van der Waals surface area contributed by atoms with Crippen molar-refractivity contribution in [1.29, 1.82) is 0 Å². The van der Waals surface area contributed by atoms with Crippen LogP contribution in [-0.4, -0.2) is 127 Å². The molecule has 17 nitrogen and oxygen atoms in total. The number of carbonyl (C=O) groups excluding carboxylic acids is 6. The van der Waals surface area contributed by atoms with Crippen molar-refractivity contribution >= 4 is 46.6 Å². The summed E-state index contributed by atoms with van der Waals surface area (Å²) in [4.78, 5) is 97.0. The van der Waals surface area contributed by atoms with Crippen LogP contribution in [0.2, 0.25) is 0 Å². The number of benzene rings is 2. The molecule has 60 heavy (non-hydrogen) atoms. The van der Waals surface area contributed by atoms with Gasteiger partial charge in [-0.1, -0.05) is 0 Å². The van der Waals surface area contributed by atoms with Crippen LogP contribution in [0.5, 0.6) is 17.2 Å². The van der Waals surface area contributed by atoms with Crippen molar-refractivity contribution in [2.75, 3.05) is 60.6 Å². The third kappa shape index (κ3) is 8.71. The number of methoxy groups -OCH3 is 2. The lowest BCUT2D eigenvalue weighted by Crippen LogP contribution is -2.53. The number of carbonyl (C=O) groups is 6. The zero-order chi connectivity index (χ0) is 42.7. The molecule has 1 saturated carbocycles. The SMILES string of the molecule is COc1cc(-c2cn(C)c(=O)c3cnccc23)cc(OC)c1CN1CCN(C(=O)C2CC2CNC(=O)COc2ccc(C(=O)N(C)C3CCC(=O)NC3=O)c(C=O)c2)CC1. The maximum Gasteiger partial charge on any atom is 0.259 e. The second-order valence-electron chi connectivity index (χ2n) is 15.3. The quantitative estimate of drug-likeness (QED) is 0.138. The van der Waals surface area contributed by atoms with E-state index >= 15 is 0 Å². The average molecular weight is 822 g/mol. The first kappa shape index (κ1) is 41.5. The summed E-state index contributed by atoms with van der Waals surface area (Å²) in [7, 11) is 6.38. The number of hydrogen-bond donors (Lipinski definition) is 2. The van der Waals surface area contributed by atoms with Crippen LogP contribution < -0.4 is 30.4 Å². The molecule has 0 bridgehead atoms. The van der Waals surface area contributed by atoms with Gasteiger partial charge in [0.15, 0.2) is 12.9 Å². The van der Waals surface area contributed by atoms with Gasteiger partial charge in [-0.25, -0.2) is 0 Å². The van der Waals surface area contributed by atoms with Gasteiger partial charge in [-0.2, -0.15) is 0 Å². The molecule has 3 atom stereocenters. The minimum atomic E-state index is -0.848. The number of amides is 5. The van der Waals surface area contributed by atoms with Gasteiger partial charge in [-0.15, -0.1) is 0 Å². The Morgan fingerprint density at radius 3 is 2.42 bits per heavy atom. The van der Waals surface area contributed by atoms with E-state index in [1.807, 2.05) is 23.1 Å². The summed E-state index contributed by atoms with van der Waals surface area (Å²) in [5.41, 5.74) is 2.52. The van der Waals surface area contributed by atoms with Gasteiger partial charge < -0.3 is 33.9 Å². The fraction of sp³-hybridized carbons (Fsp3) is 0.395. The number of ether oxygens (including phenoxy) is 3. The number of fused-ring (bicyclic) bond motifs is 1. The molecule has 7 rings (SSSR count). The lowest BCUT2D eigenvalue weighted by atomic mass is 9.99. The van der Waals surface area contributed by atoms with Gasteiger partial charge in [0.05, 0.1) is 30.7 Å². The molecule has 2 aromatic carbocycles. The maximum atomic E-state index is 13.4. The van der Waals surface area contributed by atoms with Crippen molar-refractivity contribution in [1.82, 2.24) is 34.9 Å². The van der Waals surface area contributed by atoms with E-state index in [1.165, 1.54) is 30.1 Å². The smallest absolute Gasteiger partial charge is 0.259 e. The summed E-state index contributed by atoms with van der Waals surface area (Å²) in [5.74, 6) is -0.522. The number of pyridine rings is 2. The van der Waals surface area contributed by atoms with E-state index in [2.05, 4.69) is 20.5 Å². The van der Waals surface area contributed by atoms with Crippen LogP contribution >= 0.6 is 0 Å². The number of nitrogens with one attached hydrogen (secondary N) is 2. The number of piperidine rings is 1. The summed E-state index contributed by atoms with van der Waals surface area (Å²) in [6.45, 7) is 2.96. The number of likely N-dealkylation sites (N-methyl/N-ethyl adjacent to an activating group) is 1. The molecular weight excluding hydrogens is 775 g/mol. The van der Waals surface area contributed by atoms with Crippen LogP contribution in [0.4, 0.5) is 0 Å².